The molecule has 0 bridgehead atoms. The van der Waals surface area contributed by atoms with Crippen LogP contribution in [0.25, 0.3) is 0 Å². The molecule has 0 unspecified atom stereocenters. The van der Waals surface area contributed by atoms with Gasteiger partial charge in [-0.2, -0.15) is 0 Å². The number of hydrogen-bond donors (Lipinski definition) is 1. The van der Waals surface area contributed by atoms with Gasteiger partial charge < -0.3 is 28.2 Å². The number of methoxy groups -OCH3 is 1. The van der Waals surface area contributed by atoms with Gasteiger partial charge in [0.25, 0.3) is 8.32 Å². The van der Waals surface area contributed by atoms with E-state index >= 15 is 0 Å². The van der Waals surface area contributed by atoms with E-state index in [1.54, 1.807) is 7.11 Å². The Kier molecular flexibility index (Phi) is 18.0. The maximum absolute atomic E-state index is 11.1. The SMILES string of the molecule is C=C1C[C@@H](C[C@H](O)/C=C/C/C(C)=C\CO[Si](c2ccccc2)(c2ccccc2)C(C)(C)C)O[C@@H](/C=C(\C)C[C@H](COCc2ccc(OC)cc2)O[Si](C)(C)C(C)(C)C)C1. The predicted molar refractivity (Wildman–Crippen MR) is 252 cm³/mol. The fraction of sp³-hybridized carbons (Fsp3) is 0.490. The van der Waals surface area contributed by atoms with Crippen LogP contribution in [0.15, 0.2) is 133 Å². The van der Waals surface area contributed by atoms with Crippen LogP contribution in [0.2, 0.25) is 23.2 Å². The Hall–Kier alpha value is -3.35. The van der Waals surface area contributed by atoms with E-state index in [0.717, 1.165) is 42.6 Å². The average molecular weight is 839 g/mol. The number of rotatable bonds is 20. The second-order valence-corrected chi connectivity index (χ2v) is 28.1. The molecule has 4 atom stereocenters. The summed E-state index contributed by atoms with van der Waals surface area (Å²) in [5.74, 6) is 0.835. The van der Waals surface area contributed by atoms with Crippen molar-refractivity contribution in [1.82, 2.24) is 0 Å². The van der Waals surface area contributed by atoms with Crippen molar-refractivity contribution in [2.45, 2.75) is 142 Å². The van der Waals surface area contributed by atoms with Crippen LogP contribution in [0.3, 0.4) is 0 Å². The third-order valence-electron chi connectivity index (χ3n) is 11.8. The van der Waals surface area contributed by atoms with Gasteiger partial charge in [0.1, 0.15) is 5.75 Å². The molecule has 3 aromatic rings. The van der Waals surface area contributed by atoms with Crippen LogP contribution in [0.1, 0.15) is 93.1 Å². The maximum atomic E-state index is 11.1. The zero-order valence-electron chi connectivity index (χ0n) is 38.1. The Morgan fingerprint density at radius 3 is 2.03 bits per heavy atom. The Bertz CT molecular complexity index is 1780. The van der Waals surface area contributed by atoms with Crippen molar-refractivity contribution in [2.24, 2.45) is 0 Å². The largest absolute Gasteiger partial charge is 0.497 e. The highest BCUT2D eigenvalue weighted by molar-refractivity contribution is 6.99. The molecule has 0 aromatic heterocycles. The molecule has 1 aliphatic heterocycles. The van der Waals surface area contributed by atoms with Gasteiger partial charge in [-0.25, -0.2) is 0 Å². The van der Waals surface area contributed by atoms with Crippen LogP contribution < -0.4 is 15.1 Å². The molecule has 0 aliphatic carbocycles. The average Bonchev–Trinajstić information content (AvgIpc) is 3.16. The van der Waals surface area contributed by atoms with E-state index in [-0.39, 0.29) is 28.4 Å². The molecule has 0 radical (unpaired) electrons. The third kappa shape index (κ3) is 14.4. The van der Waals surface area contributed by atoms with Crippen molar-refractivity contribution in [3.63, 3.8) is 0 Å². The van der Waals surface area contributed by atoms with E-state index in [4.69, 9.17) is 23.1 Å². The molecule has 0 spiro atoms. The number of allylic oxidation sites excluding steroid dienone is 2. The van der Waals surface area contributed by atoms with Crippen molar-refractivity contribution in [2.75, 3.05) is 20.3 Å². The third-order valence-corrected chi connectivity index (χ3v) is 21.4. The lowest BCUT2D eigenvalue weighted by Gasteiger charge is -2.42. The lowest BCUT2D eigenvalue weighted by atomic mass is 9.94. The molecule has 6 nitrogen and oxygen atoms in total. The molecule has 4 rings (SSSR count). The standard InChI is InChI=1S/C51H74O6Si2/c1-39(30-31-55-59(51(7,8)9,48-22-15-13-16-23-48)49-24-17-14-18-25-49)20-19-21-43(52)36-46-34-40(2)32-45(56-46)33-41(3)35-47(57-58(11,12)50(4,5)6)38-54-37-42-26-28-44(53-10)29-27-42/h13-19,21-30,33,43,45-47,52H,2,20,31-32,34-38H2,1,3-12H3/b21-19+,39-30-,41-33+/t43-,45-,46+,47-/m1/s1. The van der Waals surface area contributed by atoms with Gasteiger partial charge in [-0.05, 0) is 90.8 Å². The van der Waals surface area contributed by atoms with E-state index in [2.05, 4.69) is 154 Å². The number of ether oxygens (including phenoxy) is 3. The minimum Gasteiger partial charge on any atom is -0.497 e. The van der Waals surface area contributed by atoms with Crippen LogP contribution in [-0.2, 0) is 24.9 Å². The molecule has 1 aliphatic rings. The first-order valence-corrected chi connectivity index (χ1v) is 26.3. The zero-order valence-corrected chi connectivity index (χ0v) is 40.1. The Morgan fingerprint density at radius 1 is 0.864 bits per heavy atom. The van der Waals surface area contributed by atoms with E-state index in [9.17, 15) is 5.11 Å². The molecule has 0 saturated carbocycles. The molecule has 1 N–H and O–H groups in total. The fourth-order valence-corrected chi connectivity index (χ4v) is 13.5. The molecule has 0 amide bonds. The molecular formula is C51H74O6Si2. The first-order valence-electron chi connectivity index (χ1n) is 21.5. The van der Waals surface area contributed by atoms with Crippen molar-refractivity contribution < 1.29 is 28.2 Å². The molecule has 1 heterocycles. The van der Waals surface area contributed by atoms with E-state index in [0.29, 0.717) is 26.2 Å². The summed E-state index contributed by atoms with van der Waals surface area (Å²) in [5, 5.41) is 13.7. The summed E-state index contributed by atoms with van der Waals surface area (Å²) < 4.78 is 32.1. The molecule has 8 heteroatoms. The molecule has 322 valence electrons. The topological polar surface area (TPSA) is 66.4 Å². The minimum atomic E-state index is -2.60. The van der Waals surface area contributed by atoms with Crippen LogP contribution in [-0.4, -0.2) is 66.5 Å². The highest BCUT2D eigenvalue weighted by Crippen LogP contribution is 2.39. The summed E-state index contributed by atoms with van der Waals surface area (Å²) in [5.41, 5.74) is 4.67. The van der Waals surface area contributed by atoms with Crippen LogP contribution in [0, 0.1) is 0 Å². The summed E-state index contributed by atoms with van der Waals surface area (Å²) in [6.07, 6.45) is 11.1. The number of benzene rings is 3. The van der Waals surface area contributed by atoms with Gasteiger partial charge in [-0.15, -0.1) is 0 Å². The smallest absolute Gasteiger partial charge is 0.261 e. The van der Waals surface area contributed by atoms with Crippen molar-refractivity contribution in [3.05, 3.63) is 138 Å². The van der Waals surface area contributed by atoms with E-state index in [1.807, 2.05) is 30.3 Å². The van der Waals surface area contributed by atoms with Crippen LogP contribution >= 0.6 is 0 Å². The first-order chi connectivity index (χ1) is 27.8. The number of aliphatic hydroxyl groups is 1. The lowest BCUT2D eigenvalue weighted by Crippen LogP contribution is -2.66. The van der Waals surface area contributed by atoms with Crippen LogP contribution in [0.5, 0.6) is 5.75 Å². The van der Waals surface area contributed by atoms with Gasteiger partial charge in [0.15, 0.2) is 8.32 Å². The zero-order chi connectivity index (χ0) is 43.3. The molecule has 59 heavy (non-hydrogen) atoms. The van der Waals surface area contributed by atoms with Crippen molar-refractivity contribution in [1.29, 1.82) is 0 Å². The highest BCUT2D eigenvalue weighted by Gasteiger charge is 2.50. The Morgan fingerprint density at radius 2 is 1.47 bits per heavy atom. The quantitative estimate of drug-likeness (QED) is 0.0903. The number of aliphatic hydroxyl groups excluding tert-OH is 1. The maximum Gasteiger partial charge on any atom is 0.261 e. The molecule has 1 fully saturated rings. The first kappa shape index (κ1) is 48.3. The van der Waals surface area contributed by atoms with Gasteiger partial charge in [-0.3, -0.25) is 0 Å². The van der Waals surface area contributed by atoms with Gasteiger partial charge >= 0.3 is 0 Å². The monoisotopic (exact) mass is 839 g/mol. The highest BCUT2D eigenvalue weighted by atomic mass is 28.4. The summed E-state index contributed by atoms with van der Waals surface area (Å²) >= 11 is 0. The van der Waals surface area contributed by atoms with E-state index in [1.165, 1.54) is 21.5 Å². The van der Waals surface area contributed by atoms with Gasteiger partial charge in [0, 0.05) is 6.42 Å². The Balaban J connectivity index is 1.33. The van der Waals surface area contributed by atoms with Gasteiger partial charge in [0.2, 0.25) is 0 Å². The summed E-state index contributed by atoms with van der Waals surface area (Å²) in [4.78, 5) is 0. The second kappa shape index (κ2) is 22.0. The van der Waals surface area contributed by atoms with Crippen molar-refractivity contribution >= 4 is 27.0 Å². The van der Waals surface area contributed by atoms with E-state index < -0.39 is 22.7 Å². The van der Waals surface area contributed by atoms with Gasteiger partial charge in [0.05, 0.1) is 51.3 Å². The van der Waals surface area contributed by atoms with Gasteiger partial charge in [-0.1, -0.05) is 162 Å². The fourth-order valence-electron chi connectivity index (χ4n) is 7.69. The number of hydrogen-bond acceptors (Lipinski definition) is 6. The van der Waals surface area contributed by atoms with Crippen molar-refractivity contribution in [3.8, 4) is 5.75 Å². The second-order valence-electron chi connectivity index (χ2n) is 19.0. The summed E-state index contributed by atoms with van der Waals surface area (Å²) in [7, 11) is -2.97. The minimum absolute atomic E-state index is 0.0696. The molecule has 1 saturated heterocycles. The predicted octanol–water partition coefficient (Wildman–Crippen LogP) is 11.3. The molecular weight excluding hydrogens is 765 g/mol. The summed E-state index contributed by atoms with van der Waals surface area (Å²) in [6, 6.07) is 29.5. The Labute approximate surface area is 359 Å². The summed E-state index contributed by atoms with van der Waals surface area (Å²) in [6.45, 7) is 28.5. The normalized spacial score (nSPS) is 18.6. The molecule has 3 aromatic carbocycles. The lowest BCUT2D eigenvalue weighted by molar-refractivity contribution is -0.0258. The van der Waals surface area contributed by atoms with Crippen LogP contribution in [0.4, 0.5) is 0 Å².